The van der Waals surface area contributed by atoms with Gasteiger partial charge in [-0.2, -0.15) is 0 Å². The Morgan fingerprint density at radius 3 is 2.70 bits per heavy atom. The van der Waals surface area contributed by atoms with Crippen LogP contribution in [0.4, 0.5) is 5.69 Å². The van der Waals surface area contributed by atoms with E-state index in [-0.39, 0.29) is 0 Å². The van der Waals surface area contributed by atoms with Gasteiger partial charge in [0.25, 0.3) is 0 Å². The fraction of sp³-hybridized carbons (Fsp3) is 0.238. The van der Waals surface area contributed by atoms with Gasteiger partial charge in [-0.1, -0.05) is 59.8 Å². The van der Waals surface area contributed by atoms with Gasteiger partial charge in [-0.15, -0.1) is 5.10 Å². The quantitative estimate of drug-likeness (QED) is 0.593. The first-order valence-electron chi connectivity index (χ1n) is 8.68. The van der Waals surface area contributed by atoms with Gasteiger partial charge in [0.15, 0.2) is 0 Å². The molecule has 0 amide bonds. The molecule has 6 heteroatoms. The molecule has 140 valence electrons. The Morgan fingerprint density at radius 2 is 1.96 bits per heavy atom. The number of hydrogen-bond acceptors (Lipinski definition) is 6. The molecule has 0 unspecified atom stereocenters. The Bertz CT molecular complexity index is 905. The van der Waals surface area contributed by atoms with Crippen LogP contribution in [0.5, 0.6) is 0 Å². The van der Waals surface area contributed by atoms with Crippen molar-refractivity contribution in [3.8, 4) is 0 Å². The highest BCUT2D eigenvalue weighted by atomic mass is 16.6. The van der Waals surface area contributed by atoms with Crippen LogP contribution in [0.3, 0.4) is 0 Å². The molecule has 0 fully saturated rings. The summed E-state index contributed by atoms with van der Waals surface area (Å²) in [5, 5.41) is 10.3. The number of hydrogen-bond donors (Lipinski definition) is 0. The number of anilines is 1. The van der Waals surface area contributed by atoms with Gasteiger partial charge in [0.05, 0.1) is 18.5 Å². The lowest BCUT2D eigenvalue weighted by atomic mass is 10.1. The first-order valence-corrected chi connectivity index (χ1v) is 8.68. The van der Waals surface area contributed by atoms with E-state index in [0.717, 1.165) is 22.5 Å². The second-order valence-electron chi connectivity index (χ2n) is 6.31. The van der Waals surface area contributed by atoms with Crippen molar-refractivity contribution in [3.63, 3.8) is 0 Å². The fourth-order valence-electron chi connectivity index (χ4n) is 2.83. The van der Waals surface area contributed by atoms with Crippen molar-refractivity contribution in [3.05, 3.63) is 77.6 Å². The average molecular weight is 364 g/mol. The molecule has 0 aliphatic carbocycles. The van der Waals surface area contributed by atoms with Gasteiger partial charge in [0, 0.05) is 12.6 Å². The number of amidine groups is 1. The van der Waals surface area contributed by atoms with Gasteiger partial charge >= 0.3 is 6.02 Å². The Balaban J connectivity index is 1.78. The van der Waals surface area contributed by atoms with E-state index in [4.69, 9.17) is 9.57 Å². The molecule has 0 aromatic heterocycles. The molecule has 0 saturated heterocycles. The van der Waals surface area contributed by atoms with E-state index in [1.54, 1.807) is 12.1 Å². The minimum absolute atomic E-state index is 0.323. The van der Waals surface area contributed by atoms with Gasteiger partial charge in [0.1, 0.15) is 12.4 Å². The Kier molecular flexibility index (Phi) is 5.45. The number of ether oxygens (including phenoxy) is 1. The van der Waals surface area contributed by atoms with Crippen LogP contribution in [0.15, 0.2) is 71.2 Å². The van der Waals surface area contributed by atoms with Crippen molar-refractivity contribution in [1.82, 2.24) is 5.01 Å². The van der Waals surface area contributed by atoms with E-state index in [1.807, 2.05) is 55.3 Å². The molecule has 1 aliphatic rings. The van der Waals surface area contributed by atoms with E-state index in [1.165, 1.54) is 5.56 Å². The number of para-hydroxylation sites is 1. The minimum Gasteiger partial charge on any atom is -0.467 e. The summed E-state index contributed by atoms with van der Waals surface area (Å²) in [6.45, 7) is 8.40. The maximum atomic E-state index is 5.64. The summed E-state index contributed by atoms with van der Waals surface area (Å²) in [6, 6.07) is 16.5. The van der Waals surface area contributed by atoms with Crippen LogP contribution in [0.1, 0.15) is 23.6 Å². The Labute approximate surface area is 160 Å². The van der Waals surface area contributed by atoms with Crippen molar-refractivity contribution in [2.24, 2.45) is 10.3 Å². The van der Waals surface area contributed by atoms with E-state index >= 15 is 0 Å². The maximum Gasteiger partial charge on any atom is 0.319 e. The monoisotopic (exact) mass is 364 g/mol. The maximum absolute atomic E-state index is 5.64. The normalized spacial score (nSPS) is 14.4. The molecule has 0 N–H and O–H groups in total. The van der Waals surface area contributed by atoms with Crippen LogP contribution in [0, 0.1) is 6.92 Å². The van der Waals surface area contributed by atoms with Crippen molar-refractivity contribution in [2.45, 2.75) is 20.5 Å². The van der Waals surface area contributed by atoms with Crippen molar-refractivity contribution in [2.75, 3.05) is 19.1 Å². The molecule has 1 heterocycles. The molecular formula is C21H24N4O2. The summed E-state index contributed by atoms with van der Waals surface area (Å²) >= 11 is 0. The Morgan fingerprint density at radius 1 is 1.19 bits per heavy atom. The van der Waals surface area contributed by atoms with Gasteiger partial charge in [-0.3, -0.25) is 0 Å². The highest BCUT2D eigenvalue weighted by Crippen LogP contribution is 2.29. The van der Waals surface area contributed by atoms with Gasteiger partial charge in [-0.05, 0) is 25.5 Å². The SMILES string of the molecule is C=C1N(C)N=C(OC)N1c1ccccc1CO/N=C(\C)c1cccc(C)c1. The first kappa shape index (κ1) is 18.5. The van der Waals surface area contributed by atoms with Crippen LogP contribution < -0.4 is 4.90 Å². The summed E-state index contributed by atoms with van der Waals surface area (Å²) in [6.07, 6.45) is 0. The number of rotatable bonds is 5. The Hall–Kier alpha value is -3.28. The van der Waals surface area contributed by atoms with E-state index in [0.29, 0.717) is 18.4 Å². The number of methoxy groups -OCH3 is 1. The third-order valence-corrected chi connectivity index (χ3v) is 4.33. The first-order chi connectivity index (χ1) is 13.0. The zero-order chi connectivity index (χ0) is 19.4. The highest BCUT2D eigenvalue weighted by molar-refractivity contribution is 5.98. The number of oxime groups is 1. The van der Waals surface area contributed by atoms with Crippen LogP contribution in [0.2, 0.25) is 0 Å². The molecule has 0 saturated carbocycles. The number of benzene rings is 2. The topological polar surface area (TPSA) is 49.7 Å². The summed E-state index contributed by atoms with van der Waals surface area (Å²) < 4.78 is 5.39. The molecular weight excluding hydrogens is 340 g/mol. The van der Waals surface area contributed by atoms with E-state index in [9.17, 15) is 0 Å². The molecule has 0 radical (unpaired) electrons. The standard InChI is InChI=1S/C21H24N4O2/c1-15-9-8-11-18(13-15)16(2)23-27-14-19-10-6-7-12-20(19)25-17(3)24(4)22-21(25)26-5/h6-13H,3,14H2,1-2,4-5H3/b23-16+. The molecule has 2 aromatic rings. The van der Waals surface area contributed by atoms with Gasteiger partial charge in [-0.25, -0.2) is 9.91 Å². The van der Waals surface area contributed by atoms with Crippen molar-refractivity contribution in [1.29, 1.82) is 0 Å². The summed E-state index contributed by atoms with van der Waals surface area (Å²) in [5.74, 6) is 0.707. The predicted molar refractivity (Wildman–Crippen MR) is 108 cm³/mol. The molecule has 0 atom stereocenters. The lowest BCUT2D eigenvalue weighted by Crippen LogP contribution is -2.29. The lowest BCUT2D eigenvalue weighted by Gasteiger charge is -2.23. The largest absolute Gasteiger partial charge is 0.467 e. The number of hydrazone groups is 1. The minimum atomic E-state index is 0.323. The van der Waals surface area contributed by atoms with Crippen LogP contribution in [0.25, 0.3) is 0 Å². The van der Waals surface area contributed by atoms with Crippen LogP contribution in [-0.4, -0.2) is 30.9 Å². The number of aryl methyl sites for hydroxylation is 1. The molecule has 0 spiro atoms. The van der Waals surface area contributed by atoms with Crippen molar-refractivity contribution >= 4 is 17.4 Å². The molecule has 3 rings (SSSR count). The molecule has 6 nitrogen and oxygen atoms in total. The van der Waals surface area contributed by atoms with Gasteiger partial charge < -0.3 is 9.57 Å². The lowest BCUT2D eigenvalue weighted by molar-refractivity contribution is 0.131. The van der Waals surface area contributed by atoms with Crippen LogP contribution in [-0.2, 0) is 16.2 Å². The summed E-state index contributed by atoms with van der Waals surface area (Å²) in [7, 11) is 3.42. The van der Waals surface area contributed by atoms with E-state index in [2.05, 4.69) is 35.9 Å². The highest BCUT2D eigenvalue weighted by Gasteiger charge is 2.29. The predicted octanol–water partition coefficient (Wildman–Crippen LogP) is 4.08. The molecule has 27 heavy (non-hydrogen) atoms. The van der Waals surface area contributed by atoms with Crippen molar-refractivity contribution < 1.29 is 9.57 Å². The average Bonchev–Trinajstić information content (AvgIpc) is 2.96. The number of nitrogens with zero attached hydrogens (tertiary/aromatic N) is 4. The zero-order valence-electron chi connectivity index (χ0n) is 16.1. The second-order valence-corrected chi connectivity index (χ2v) is 6.31. The van der Waals surface area contributed by atoms with E-state index < -0.39 is 0 Å². The second kappa shape index (κ2) is 7.95. The zero-order valence-corrected chi connectivity index (χ0v) is 16.1. The smallest absolute Gasteiger partial charge is 0.319 e. The molecule has 2 aromatic carbocycles. The van der Waals surface area contributed by atoms with Crippen LogP contribution >= 0.6 is 0 Å². The third kappa shape index (κ3) is 3.95. The molecule has 1 aliphatic heterocycles. The van der Waals surface area contributed by atoms with Gasteiger partial charge in [0.2, 0.25) is 0 Å². The fourth-order valence-corrected chi connectivity index (χ4v) is 2.83. The summed E-state index contributed by atoms with van der Waals surface area (Å²) in [5.41, 5.74) is 4.93. The third-order valence-electron chi connectivity index (χ3n) is 4.33. The molecule has 0 bridgehead atoms. The summed E-state index contributed by atoms with van der Waals surface area (Å²) in [4.78, 5) is 7.50.